The third kappa shape index (κ3) is 3.61. The highest BCUT2D eigenvalue weighted by Crippen LogP contribution is 2.17. The number of carbonyl (C=O) groups is 1. The number of ketones is 1. The summed E-state index contributed by atoms with van der Waals surface area (Å²) < 4.78 is 30.0. The Hall–Kier alpha value is -2.24. The van der Waals surface area contributed by atoms with Crippen LogP contribution in [0.2, 0.25) is 0 Å². The lowest BCUT2D eigenvalue weighted by atomic mass is 10.1. The molecular weight excluding hydrogens is 254 g/mol. The minimum absolute atomic E-state index is 0.0260. The van der Waals surface area contributed by atoms with E-state index in [-0.39, 0.29) is 18.0 Å². The van der Waals surface area contributed by atoms with E-state index in [0.29, 0.717) is 11.3 Å². The fraction of sp³-hybridized carbons (Fsp3) is 0.231. The van der Waals surface area contributed by atoms with E-state index in [9.17, 15) is 13.6 Å². The Balaban J connectivity index is 2.10. The number of aryl methyl sites for hydroxylation is 1. The van der Waals surface area contributed by atoms with Crippen LogP contribution in [0, 0.1) is 0 Å². The number of Topliss-reactive ketones (excluding diaryl/α,β-unsaturated/α-hetero) is 1. The maximum absolute atomic E-state index is 12.1. The van der Waals surface area contributed by atoms with Gasteiger partial charge in [-0.1, -0.05) is 12.1 Å². The number of alkyl halides is 2. The second-order valence-electron chi connectivity index (χ2n) is 3.99. The molecule has 0 radical (unpaired) electrons. The minimum Gasteiger partial charge on any atom is -0.435 e. The van der Waals surface area contributed by atoms with E-state index in [2.05, 4.69) is 9.84 Å². The molecule has 19 heavy (non-hydrogen) atoms. The highest BCUT2D eigenvalue weighted by molar-refractivity contribution is 5.97. The highest BCUT2D eigenvalue weighted by atomic mass is 19.3. The van der Waals surface area contributed by atoms with Gasteiger partial charge in [0.05, 0.1) is 12.1 Å². The normalized spacial score (nSPS) is 10.7. The molecule has 1 heterocycles. The van der Waals surface area contributed by atoms with Gasteiger partial charge in [-0.3, -0.25) is 9.48 Å². The van der Waals surface area contributed by atoms with E-state index < -0.39 is 6.61 Å². The fourth-order valence-corrected chi connectivity index (χ4v) is 1.67. The lowest BCUT2D eigenvalue weighted by Gasteiger charge is -2.05. The van der Waals surface area contributed by atoms with E-state index >= 15 is 0 Å². The van der Waals surface area contributed by atoms with Gasteiger partial charge in [-0.2, -0.15) is 13.9 Å². The molecule has 0 N–H and O–H groups in total. The maximum atomic E-state index is 12.1. The van der Waals surface area contributed by atoms with Gasteiger partial charge < -0.3 is 4.74 Å². The summed E-state index contributed by atoms with van der Waals surface area (Å²) in [4.78, 5) is 12.0. The Morgan fingerprint density at radius 2 is 2.21 bits per heavy atom. The first-order valence-electron chi connectivity index (χ1n) is 5.61. The van der Waals surface area contributed by atoms with Crippen molar-refractivity contribution in [1.82, 2.24) is 9.78 Å². The van der Waals surface area contributed by atoms with Gasteiger partial charge in [0, 0.05) is 18.8 Å². The molecule has 6 heteroatoms. The summed E-state index contributed by atoms with van der Waals surface area (Å²) in [6.07, 6.45) is 1.86. The van der Waals surface area contributed by atoms with Crippen LogP contribution in [0.15, 0.2) is 36.5 Å². The Labute approximate surface area is 108 Å². The molecule has 2 aromatic rings. The summed E-state index contributed by atoms with van der Waals surface area (Å²) in [7, 11) is 1.76. The molecule has 0 amide bonds. The van der Waals surface area contributed by atoms with E-state index in [1.54, 1.807) is 30.1 Å². The van der Waals surface area contributed by atoms with Crippen molar-refractivity contribution in [2.24, 2.45) is 7.05 Å². The Bertz CT molecular complexity index is 582. The molecule has 1 aromatic heterocycles. The second-order valence-corrected chi connectivity index (χ2v) is 3.99. The van der Waals surface area contributed by atoms with Crippen LogP contribution in [0.3, 0.4) is 0 Å². The summed E-state index contributed by atoms with van der Waals surface area (Å²) in [5.74, 6) is -0.222. The molecule has 4 nitrogen and oxygen atoms in total. The maximum Gasteiger partial charge on any atom is 0.387 e. The van der Waals surface area contributed by atoms with Crippen LogP contribution < -0.4 is 4.74 Å². The predicted molar refractivity (Wildman–Crippen MR) is 64.3 cm³/mol. The smallest absolute Gasteiger partial charge is 0.387 e. The third-order valence-electron chi connectivity index (χ3n) is 2.49. The number of benzene rings is 1. The van der Waals surface area contributed by atoms with Crippen molar-refractivity contribution in [3.05, 3.63) is 47.8 Å². The van der Waals surface area contributed by atoms with Crippen molar-refractivity contribution in [3.63, 3.8) is 0 Å². The van der Waals surface area contributed by atoms with Gasteiger partial charge in [0.2, 0.25) is 0 Å². The largest absolute Gasteiger partial charge is 0.435 e. The van der Waals surface area contributed by atoms with Gasteiger partial charge in [0.1, 0.15) is 5.75 Å². The molecule has 0 fully saturated rings. The molecule has 0 bridgehead atoms. The number of halogens is 2. The fourth-order valence-electron chi connectivity index (χ4n) is 1.67. The number of rotatable bonds is 5. The molecule has 100 valence electrons. The molecular formula is C13H12F2N2O2. The number of nitrogens with zero attached hydrogens (tertiary/aromatic N) is 2. The first-order chi connectivity index (χ1) is 9.04. The second kappa shape index (κ2) is 5.60. The van der Waals surface area contributed by atoms with Crippen LogP contribution >= 0.6 is 0 Å². The molecule has 0 saturated heterocycles. The zero-order chi connectivity index (χ0) is 13.8. The molecule has 0 spiro atoms. The average molecular weight is 266 g/mol. The van der Waals surface area contributed by atoms with Crippen molar-refractivity contribution in [1.29, 1.82) is 0 Å². The third-order valence-corrected chi connectivity index (χ3v) is 2.49. The van der Waals surface area contributed by atoms with Crippen LogP contribution in [0.5, 0.6) is 5.75 Å². The molecule has 0 aliphatic rings. The van der Waals surface area contributed by atoms with Crippen molar-refractivity contribution in [2.45, 2.75) is 13.0 Å². The number of hydrogen-bond acceptors (Lipinski definition) is 3. The lowest BCUT2D eigenvalue weighted by Crippen LogP contribution is -2.06. The Kier molecular flexibility index (Phi) is 3.89. The quantitative estimate of drug-likeness (QED) is 0.781. The molecule has 1 aromatic carbocycles. The topological polar surface area (TPSA) is 44.1 Å². The monoisotopic (exact) mass is 266 g/mol. The van der Waals surface area contributed by atoms with Gasteiger partial charge >= 0.3 is 6.61 Å². The first-order valence-corrected chi connectivity index (χ1v) is 5.61. The molecule has 0 aliphatic heterocycles. The van der Waals surface area contributed by atoms with E-state index in [4.69, 9.17) is 0 Å². The van der Waals surface area contributed by atoms with Crippen LogP contribution in [-0.4, -0.2) is 22.2 Å². The number of aromatic nitrogens is 2. The van der Waals surface area contributed by atoms with Gasteiger partial charge in [-0.05, 0) is 18.2 Å². The van der Waals surface area contributed by atoms with E-state index in [0.717, 1.165) is 0 Å². The summed E-state index contributed by atoms with van der Waals surface area (Å²) in [6.45, 7) is -2.90. The molecule has 2 rings (SSSR count). The number of hydrogen-bond donors (Lipinski definition) is 0. The van der Waals surface area contributed by atoms with Gasteiger partial charge in [0.15, 0.2) is 5.78 Å². The van der Waals surface area contributed by atoms with Crippen LogP contribution in [0.4, 0.5) is 8.78 Å². The zero-order valence-electron chi connectivity index (χ0n) is 10.2. The lowest BCUT2D eigenvalue weighted by molar-refractivity contribution is -0.0498. The summed E-state index contributed by atoms with van der Waals surface area (Å²) in [6, 6.07) is 7.48. The van der Waals surface area contributed by atoms with Crippen LogP contribution in [0.25, 0.3) is 0 Å². The summed E-state index contributed by atoms with van der Waals surface area (Å²) in [5.41, 5.74) is 0.955. The molecule has 0 aliphatic carbocycles. The van der Waals surface area contributed by atoms with Gasteiger partial charge in [-0.15, -0.1) is 0 Å². The van der Waals surface area contributed by atoms with Crippen molar-refractivity contribution < 1.29 is 18.3 Å². The average Bonchev–Trinajstić information content (AvgIpc) is 2.74. The van der Waals surface area contributed by atoms with Crippen molar-refractivity contribution in [2.75, 3.05) is 0 Å². The summed E-state index contributed by atoms with van der Waals surface area (Å²) in [5, 5.41) is 4.09. The van der Waals surface area contributed by atoms with E-state index in [1.165, 1.54) is 18.2 Å². The first kappa shape index (κ1) is 13.2. The predicted octanol–water partition coefficient (Wildman–Crippen LogP) is 2.45. The number of carbonyl (C=O) groups excluding carboxylic acids is 1. The van der Waals surface area contributed by atoms with Crippen LogP contribution in [0.1, 0.15) is 16.1 Å². The van der Waals surface area contributed by atoms with Crippen LogP contribution in [-0.2, 0) is 13.5 Å². The highest BCUT2D eigenvalue weighted by Gasteiger charge is 2.11. The van der Waals surface area contributed by atoms with Crippen molar-refractivity contribution >= 4 is 5.78 Å². The van der Waals surface area contributed by atoms with Crippen molar-refractivity contribution in [3.8, 4) is 5.75 Å². The summed E-state index contributed by atoms with van der Waals surface area (Å²) >= 11 is 0. The standard InChI is InChI=1S/C13H12F2N2O2/c1-17-6-5-10(16-17)8-12(18)9-3-2-4-11(7-9)19-13(14)15/h2-7,13H,8H2,1H3. The molecule has 0 atom stereocenters. The molecule has 0 saturated carbocycles. The minimum atomic E-state index is -2.90. The van der Waals surface area contributed by atoms with Gasteiger partial charge in [0.25, 0.3) is 0 Å². The Morgan fingerprint density at radius 3 is 2.84 bits per heavy atom. The Morgan fingerprint density at radius 1 is 1.42 bits per heavy atom. The zero-order valence-corrected chi connectivity index (χ0v) is 10.2. The van der Waals surface area contributed by atoms with E-state index in [1.807, 2.05) is 0 Å². The number of ether oxygens (including phenoxy) is 1. The molecule has 0 unspecified atom stereocenters. The SMILES string of the molecule is Cn1ccc(CC(=O)c2cccc(OC(F)F)c2)n1. The van der Waals surface area contributed by atoms with Gasteiger partial charge in [-0.25, -0.2) is 0 Å².